The largest absolute Gasteiger partial charge is 0.390 e. The highest BCUT2D eigenvalue weighted by Crippen LogP contribution is 2.22. The molecule has 7 heteroatoms. The van der Waals surface area contributed by atoms with Crippen molar-refractivity contribution in [3.63, 3.8) is 0 Å². The Bertz CT molecular complexity index is 730. The summed E-state index contributed by atoms with van der Waals surface area (Å²) in [7, 11) is -0.451. The van der Waals surface area contributed by atoms with Crippen LogP contribution in [-0.2, 0) is 10.0 Å². The van der Waals surface area contributed by atoms with Crippen LogP contribution >= 0.6 is 0 Å². The standard InChI is InChI=1S/C21H38N4O2S/c1-16(8-7-9-20-12-14-24-15-13-20)10-11-17(2)28(26,27)25(6)21(18(3)22)19(4)23-5/h10-11,20,22-24H,7-9,12-15H2,1-6H3/b16-10+,17-11+,21-19+,22-18?. The Morgan fingerprint density at radius 3 is 2.32 bits per heavy atom. The highest BCUT2D eigenvalue weighted by molar-refractivity contribution is 7.93. The fraction of sp³-hybridized carbons (Fsp3) is 0.667. The van der Waals surface area contributed by atoms with Crippen molar-refractivity contribution in [2.75, 3.05) is 27.2 Å². The van der Waals surface area contributed by atoms with E-state index in [0.717, 1.165) is 31.8 Å². The zero-order chi connectivity index (χ0) is 21.3. The van der Waals surface area contributed by atoms with Gasteiger partial charge in [-0.3, -0.25) is 4.31 Å². The Kier molecular flexibility index (Phi) is 9.96. The second-order valence-corrected chi connectivity index (χ2v) is 9.84. The third-order valence-corrected chi connectivity index (χ3v) is 7.27. The van der Waals surface area contributed by atoms with Gasteiger partial charge in [-0.2, -0.15) is 0 Å². The highest BCUT2D eigenvalue weighted by Gasteiger charge is 2.24. The molecule has 0 radical (unpaired) electrons. The van der Waals surface area contributed by atoms with Gasteiger partial charge < -0.3 is 16.0 Å². The summed E-state index contributed by atoms with van der Waals surface area (Å²) in [5.74, 6) is 0.824. The Morgan fingerprint density at radius 2 is 1.79 bits per heavy atom. The summed E-state index contributed by atoms with van der Waals surface area (Å²) in [4.78, 5) is 0.273. The average molecular weight is 411 g/mol. The molecule has 1 heterocycles. The topological polar surface area (TPSA) is 85.3 Å². The number of sulfonamides is 1. The average Bonchev–Trinajstić information content (AvgIpc) is 2.66. The van der Waals surface area contributed by atoms with Crippen molar-refractivity contribution in [3.05, 3.63) is 34.0 Å². The van der Waals surface area contributed by atoms with E-state index in [1.54, 1.807) is 33.9 Å². The molecule has 0 atom stereocenters. The van der Waals surface area contributed by atoms with Crippen LogP contribution in [-0.4, -0.2) is 45.6 Å². The van der Waals surface area contributed by atoms with E-state index in [1.807, 2.05) is 6.08 Å². The van der Waals surface area contributed by atoms with Gasteiger partial charge in [0.15, 0.2) is 0 Å². The fourth-order valence-electron chi connectivity index (χ4n) is 3.48. The molecule has 0 aromatic rings. The van der Waals surface area contributed by atoms with Gasteiger partial charge in [0.25, 0.3) is 10.0 Å². The van der Waals surface area contributed by atoms with Crippen molar-refractivity contribution >= 4 is 15.7 Å². The van der Waals surface area contributed by atoms with Crippen molar-refractivity contribution in [1.29, 1.82) is 5.41 Å². The van der Waals surface area contributed by atoms with Crippen molar-refractivity contribution in [2.45, 2.75) is 59.8 Å². The van der Waals surface area contributed by atoms with Crippen LogP contribution in [0.2, 0.25) is 0 Å². The summed E-state index contributed by atoms with van der Waals surface area (Å²) in [5.41, 5.74) is 2.42. The number of hydrogen-bond donors (Lipinski definition) is 3. The molecule has 0 amide bonds. The van der Waals surface area contributed by atoms with Crippen molar-refractivity contribution in [3.8, 4) is 0 Å². The highest BCUT2D eigenvalue weighted by atomic mass is 32.2. The smallest absolute Gasteiger partial charge is 0.260 e. The molecule has 0 saturated carbocycles. The maximum Gasteiger partial charge on any atom is 0.260 e. The van der Waals surface area contributed by atoms with Gasteiger partial charge in [0.1, 0.15) is 0 Å². The first-order valence-corrected chi connectivity index (χ1v) is 11.5. The Labute approximate surface area is 171 Å². The predicted octanol–water partition coefficient (Wildman–Crippen LogP) is 3.76. The normalized spacial score (nSPS) is 17.9. The number of piperidine rings is 1. The molecule has 0 aromatic heterocycles. The van der Waals surface area contributed by atoms with Gasteiger partial charge in [-0.05, 0) is 78.5 Å². The molecule has 0 unspecified atom stereocenters. The van der Waals surface area contributed by atoms with E-state index >= 15 is 0 Å². The maximum atomic E-state index is 12.9. The van der Waals surface area contributed by atoms with Gasteiger partial charge in [-0.15, -0.1) is 0 Å². The van der Waals surface area contributed by atoms with Crippen LogP contribution in [0, 0.1) is 11.3 Å². The zero-order valence-corrected chi connectivity index (χ0v) is 19.2. The minimum Gasteiger partial charge on any atom is -0.390 e. The number of hydrogen-bond acceptors (Lipinski definition) is 5. The number of rotatable bonds is 10. The number of allylic oxidation sites excluding steroid dienone is 6. The van der Waals surface area contributed by atoms with Gasteiger partial charge in [0, 0.05) is 19.8 Å². The molecule has 1 aliphatic heterocycles. The van der Waals surface area contributed by atoms with Crippen LogP contribution in [0.1, 0.15) is 59.8 Å². The van der Waals surface area contributed by atoms with Crippen LogP contribution in [0.25, 0.3) is 0 Å². The summed E-state index contributed by atoms with van der Waals surface area (Å²) < 4.78 is 27.0. The molecule has 28 heavy (non-hydrogen) atoms. The molecule has 1 saturated heterocycles. The molecule has 0 aromatic carbocycles. The molecule has 0 aliphatic carbocycles. The number of nitrogens with one attached hydrogen (secondary N) is 3. The van der Waals surface area contributed by atoms with E-state index in [2.05, 4.69) is 17.6 Å². The van der Waals surface area contributed by atoms with E-state index in [4.69, 9.17) is 5.41 Å². The summed E-state index contributed by atoms with van der Waals surface area (Å²) in [6.45, 7) is 9.28. The Balaban J connectivity index is 2.77. The second kappa shape index (κ2) is 11.4. The molecule has 1 aliphatic rings. The van der Waals surface area contributed by atoms with Gasteiger partial charge in [-0.1, -0.05) is 18.1 Å². The second-order valence-electron chi connectivity index (χ2n) is 7.70. The van der Waals surface area contributed by atoms with Crippen LogP contribution < -0.4 is 10.6 Å². The molecular formula is C21H38N4O2S. The fourth-order valence-corrected chi connectivity index (χ4v) is 4.66. The lowest BCUT2D eigenvalue weighted by molar-refractivity contribution is 0.347. The monoisotopic (exact) mass is 410 g/mol. The van der Waals surface area contributed by atoms with Crippen LogP contribution in [0.3, 0.4) is 0 Å². The SMILES string of the molecule is CN/C(C)=C(\C(C)=N)N(C)S(=O)(=O)/C(C)=C/C=C(\C)CCCC1CCNCC1. The van der Waals surface area contributed by atoms with Gasteiger partial charge in [0.05, 0.1) is 16.3 Å². The van der Waals surface area contributed by atoms with E-state index in [0.29, 0.717) is 11.4 Å². The Morgan fingerprint density at radius 1 is 1.18 bits per heavy atom. The summed E-state index contributed by atoms with van der Waals surface area (Å²) in [6, 6.07) is 0. The maximum absolute atomic E-state index is 12.9. The predicted molar refractivity (Wildman–Crippen MR) is 119 cm³/mol. The van der Waals surface area contributed by atoms with Gasteiger partial charge >= 0.3 is 0 Å². The zero-order valence-electron chi connectivity index (χ0n) is 18.4. The first-order chi connectivity index (χ1) is 13.1. The van der Waals surface area contributed by atoms with Gasteiger partial charge in [-0.25, -0.2) is 8.42 Å². The Hall–Kier alpha value is -1.60. The summed E-state index contributed by atoms with van der Waals surface area (Å²) in [5, 5.41) is 14.3. The van der Waals surface area contributed by atoms with E-state index in [9.17, 15) is 8.42 Å². The lowest BCUT2D eigenvalue weighted by atomic mass is 9.92. The van der Waals surface area contributed by atoms with Gasteiger partial charge in [0.2, 0.25) is 0 Å². The molecule has 1 fully saturated rings. The van der Waals surface area contributed by atoms with Crippen molar-refractivity contribution < 1.29 is 8.42 Å². The molecular weight excluding hydrogens is 372 g/mol. The van der Waals surface area contributed by atoms with E-state index in [-0.39, 0.29) is 10.6 Å². The lowest BCUT2D eigenvalue weighted by Gasteiger charge is -2.24. The molecule has 6 nitrogen and oxygen atoms in total. The molecule has 0 bridgehead atoms. The first-order valence-electron chi connectivity index (χ1n) is 10.1. The summed E-state index contributed by atoms with van der Waals surface area (Å²) in [6.07, 6.45) is 9.50. The van der Waals surface area contributed by atoms with Crippen LogP contribution in [0.5, 0.6) is 0 Å². The lowest BCUT2D eigenvalue weighted by Crippen LogP contribution is -2.32. The molecule has 0 spiro atoms. The van der Waals surface area contributed by atoms with Crippen molar-refractivity contribution in [2.24, 2.45) is 5.92 Å². The van der Waals surface area contributed by atoms with Crippen LogP contribution in [0.4, 0.5) is 0 Å². The van der Waals surface area contributed by atoms with E-state index in [1.165, 1.54) is 36.2 Å². The number of nitrogens with zero attached hydrogens (tertiary/aromatic N) is 1. The van der Waals surface area contributed by atoms with Crippen LogP contribution in [0.15, 0.2) is 34.0 Å². The quantitative estimate of drug-likeness (QED) is 0.378. The molecule has 160 valence electrons. The minimum absolute atomic E-state index is 0.204. The van der Waals surface area contributed by atoms with E-state index < -0.39 is 10.0 Å². The summed E-state index contributed by atoms with van der Waals surface area (Å²) >= 11 is 0. The molecule has 3 N–H and O–H groups in total. The third-order valence-electron chi connectivity index (χ3n) is 5.41. The third kappa shape index (κ3) is 7.09. The minimum atomic E-state index is -3.67. The first kappa shape index (κ1) is 24.4. The molecule has 1 rings (SSSR count). The van der Waals surface area contributed by atoms with Crippen molar-refractivity contribution in [1.82, 2.24) is 14.9 Å².